The predicted octanol–water partition coefficient (Wildman–Crippen LogP) is 1.41. The van der Waals surface area contributed by atoms with E-state index in [0.29, 0.717) is 13.1 Å². The van der Waals surface area contributed by atoms with Gasteiger partial charge in [0.25, 0.3) is 0 Å². The van der Waals surface area contributed by atoms with E-state index in [1.54, 1.807) is 22.3 Å². The second-order valence-electron chi connectivity index (χ2n) is 4.10. The predicted molar refractivity (Wildman–Crippen MR) is 82.9 cm³/mol. The summed E-state index contributed by atoms with van der Waals surface area (Å²) in [5.41, 5.74) is 5.39. The molecule has 3 N–H and O–H groups in total. The molecule has 0 aliphatic heterocycles. The molecule has 0 aromatic carbocycles. The maximum absolute atomic E-state index is 12.1. The normalized spacial score (nSPS) is 11.8. The number of thiophene rings is 1. The van der Waals surface area contributed by atoms with Crippen molar-refractivity contribution in [3.63, 3.8) is 0 Å². The molecular formula is C13H18N2O3S2. The number of carboxylic acid groups (broad SMARTS) is 1. The van der Waals surface area contributed by atoms with Crippen LogP contribution in [0.25, 0.3) is 0 Å². The van der Waals surface area contributed by atoms with Gasteiger partial charge in [-0.25, -0.2) is 0 Å². The van der Waals surface area contributed by atoms with Gasteiger partial charge in [-0.05, 0) is 11.4 Å². The third-order valence-electron chi connectivity index (χ3n) is 2.47. The molecule has 0 unspecified atom stereocenters. The molecule has 1 aromatic rings. The lowest BCUT2D eigenvalue weighted by atomic mass is 10.4. The number of carboxylic acids is 1. The molecule has 0 aliphatic rings. The van der Waals surface area contributed by atoms with Gasteiger partial charge in [-0.2, -0.15) is 0 Å². The fraction of sp³-hybridized carbons (Fsp3) is 0.385. The number of nitrogens with two attached hydrogens (primary N) is 1. The van der Waals surface area contributed by atoms with Gasteiger partial charge in [-0.15, -0.1) is 29.7 Å². The fourth-order valence-electron chi connectivity index (χ4n) is 1.44. The highest BCUT2D eigenvalue weighted by Gasteiger charge is 2.16. The van der Waals surface area contributed by atoms with Crippen LogP contribution in [0.5, 0.6) is 0 Å². The highest BCUT2D eigenvalue weighted by Crippen LogP contribution is 2.13. The number of carbonyl (C=O) groups is 2. The van der Waals surface area contributed by atoms with E-state index in [-0.39, 0.29) is 17.4 Å². The Balaban J connectivity index is 2.43. The first kappa shape index (κ1) is 16.7. The Morgan fingerprint density at radius 2 is 2.35 bits per heavy atom. The lowest BCUT2D eigenvalue weighted by molar-refractivity contribution is -0.138. The number of hydrogen-bond donors (Lipinski definition) is 2. The van der Waals surface area contributed by atoms with Gasteiger partial charge in [-0.3, -0.25) is 9.59 Å². The van der Waals surface area contributed by atoms with Crippen LogP contribution in [-0.4, -0.2) is 46.0 Å². The number of aliphatic carboxylic acids is 1. The molecule has 1 amide bonds. The number of nitrogens with zero attached hydrogens (tertiary/aromatic N) is 1. The topological polar surface area (TPSA) is 83.6 Å². The minimum atomic E-state index is -1.05. The van der Waals surface area contributed by atoms with Crippen molar-refractivity contribution in [2.75, 3.05) is 18.1 Å². The molecule has 7 heteroatoms. The summed E-state index contributed by atoms with van der Waals surface area (Å²) in [5, 5.41) is 10.6. The van der Waals surface area contributed by atoms with Crippen LogP contribution in [0, 0.1) is 0 Å². The van der Waals surface area contributed by atoms with Crippen molar-refractivity contribution in [2.24, 2.45) is 5.73 Å². The molecule has 20 heavy (non-hydrogen) atoms. The minimum Gasteiger partial charge on any atom is -0.480 e. The summed E-state index contributed by atoms with van der Waals surface area (Å²) in [5.74, 6) is -0.644. The van der Waals surface area contributed by atoms with Crippen LogP contribution in [0.15, 0.2) is 30.2 Å². The van der Waals surface area contributed by atoms with Crippen LogP contribution >= 0.6 is 23.1 Å². The summed E-state index contributed by atoms with van der Waals surface area (Å²) in [6.07, 6.45) is 1.68. The van der Waals surface area contributed by atoms with Crippen molar-refractivity contribution in [3.05, 3.63) is 35.0 Å². The number of hydrogen-bond acceptors (Lipinski definition) is 5. The molecule has 1 aromatic heterocycles. The molecule has 110 valence electrons. The molecule has 0 spiro atoms. The van der Waals surface area contributed by atoms with Crippen LogP contribution in [0.4, 0.5) is 0 Å². The van der Waals surface area contributed by atoms with Gasteiger partial charge in [0.05, 0.1) is 12.3 Å². The second-order valence-corrected chi connectivity index (χ2v) is 6.16. The Kier molecular flexibility index (Phi) is 7.35. The zero-order chi connectivity index (χ0) is 15.0. The Bertz CT molecular complexity index is 448. The molecule has 0 bridgehead atoms. The average molecular weight is 314 g/mol. The van der Waals surface area contributed by atoms with E-state index < -0.39 is 12.0 Å². The fourth-order valence-corrected chi connectivity index (χ4v) is 3.03. The molecule has 0 aliphatic carbocycles. The first-order chi connectivity index (χ1) is 9.54. The lowest BCUT2D eigenvalue weighted by Crippen LogP contribution is -2.35. The zero-order valence-corrected chi connectivity index (χ0v) is 12.7. The van der Waals surface area contributed by atoms with Crippen LogP contribution in [0.1, 0.15) is 4.88 Å². The summed E-state index contributed by atoms with van der Waals surface area (Å²) in [6, 6.07) is 2.98. The van der Waals surface area contributed by atoms with E-state index in [1.165, 1.54) is 11.8 Å². The monoisotopic (exact) mass is 314 g/mol. The van der Waals surface area contributed by atoms with Crippen LogP contribution in [0.3, 0.4) is 0 Å². The first-order valence-electron chi connectivity index (χ1n) is 6.01. The van der Waals surface area contributed by atoms with Gasteiger partial charge < -0.3 is 15.7 Å². The van der Waals surface area contributed by atoms with Gasteiger partial charge in [0.2, 0.25) is 5.91 Å². The standard InChI is InChI=1S/C13H18N2O3S2/c1-2-5-15(7-10-4-3-6-20-10)12(16)9-19-8-11(14)13(17)18/h2-4,6,11H,1,5,7-9,14H2,(H,17,18)/t11-/m0/s1. The number of amides is 1. The average Bonchev–Trinajstić information content (AvgIpc) is 2.90. The molecule has 0 saturated heterocycles. The molecule has 1 atom stereocenters. The molecule has 0 fully saturated rings. The quantitative estimate of drug-likeness (QED) is 0.673. The van der Waals surface area contributed by atoms with E-state index in [9.17, 15) is 9.59 Å². The van der Waals surface area contributed by atoms with Gasteiger partial charge >= 0.3 is 5.97 Å². The molecule has 0 radical (unpaired) electrons. The number of carbonyl (C=O) groups excluding carboxylic acids is 1. The van der Waals surface area contributed by atoms with Crippen molar-refractivity contribution < 1.29 is 14.7 Å². The Morgan fingerprint density at radius 1 is 1.60 bits per heavy atom. The lowest BCUT2D eigenvalue weighted by Gasteiger charge is -2.20. The Hall–Kier alpha value is -1.31. The van der Waals surface area contributed by atoms with Crippen molar-refractivity contribution in [1.82, 2.24) is 4.90 Å². The Morgan fingerprint density at radius 3 is 2.90 bits per heavy atom. The summed E-state index contributed by atoms with van der Waals surface area (Å²) in [6.45, 7) is 4.67. The van der Waals surface area contributed by atoms with Crippen LogP contribution in [-0.2, 0) is 16.1 Å². The van der Waals surface area contributed by atoms with Gasteiger partial charge in [0.15, 0.2) is 0 Å². The number of thioether (sulfide) groups is 1. The van der Waals surface area contributed by atoms with Crippen molar-refractivity contribution >= 4 is 35.0 Å². The number of rotatable bonds is 9. The van der Waals surface area contributed by atoms with Crippen molar-refractivity contribution in [3.8, 4) is 0 Å². The first-order valence-corrected chi connectivity index (χ1v) is 8.05. The zero-order valence-electron chi connectivity index (χ0n) is 11.0. The summed E-state index contributed by atoms with van der Waals surface area (Å²) < 4.78 is 0. The Labute approximate surface area is 126 Å². The maximum Gasteiger partial charge on any atom is 0.321 e. The molecule has 5 nitrogen and oxygen atoms in total. The van der Waals surface area contributed by atoms with E-state index in [4.69, 9.17) is 10.8 Å². The largest absolute Gasteiger partial charge is 0.480 e. The molecule has 1 heterocycles. The third-order valence-corrected chi connectivity index (χ3v) is 4.38. The molecule has 0 saturated carbocycles. The highest BCUT2D eigenvalue weighted by molar-refractivity contribution is 8.00. The molecular weight excluding hydrogens is 296 g/mol. The van der Waals surface area contributed by atoms with Crippen LogP contribution in [0.2, 0.25) is 0 Å². The van der Waals surface area contributed by atoms with Gasteiger partial charge in [-0.1, -0.05) is 12.1 Å². The minimum absolute atomic E-state index is 0.0408. The summed E-state index contributed by atoms with van der Waals surface area (Å²) in [7, 11) is 0. The van der Waals surface area contributed by atoms with Crippen molar-refractivity contribution in [1.29, 1.82) is 0 Å². The highest BCUT2D eigenvalue weighted by atomic mass is 32.2. The van der Waals surface area contributed by atoms with E-state index in [0.717, 1.165) is 4.88 Å². The third kappa shape index (κ3) is 5.77. The van der Waals surface area contributed by atoms with Crippen LogP contribution < -0.4 is 5.73 Å². The SMILES string of the molecule is C=CCN(Cc1cccs1)C(=O)CSC[C@H](N)C(=O)O. The van der Waals surface area contributed by atoms with E-state index in [1.807, 2.05) is 17.5 Å². The summed E-state index contributed by atoms with van der Waals surface area (Å²) >= 11 is 2.83. The molecule has 1 rings (SSSR count). The van der Waals surface area contributed by atoms with Gasteiger partial charge in [0, 0.05) is 17.2 Å². The van der Waals surface area contributed by atoms with E-state index in [2.05, 4.69) is 6.58 Å². The van der Waals surface area contributed by atoms with Gasteiger partial charge in [0.1, 0.15) is 6.04 Å². The van der Waals surface area contributed by atoms with E-state index >= 15 is 0 Å². The second kappa shape index (κ2) is 8.78. The smallest absolute Gasteiger partial charge is 0.321 e. The van der Waals surface area contributed by atoms with Crippen molar-refractivity contribution in [2.45, 2.75) is 12.6 Å². The maximum atomic E-state index is 12.1. The summed E-state index contributed by atoms with van der Waals surface area (Å²) in [4.78, 5) is 25.5.